The summed E-state index contributed by atoms with van der Waals surface area (Å²) >= 11 is 14.0. The van der Waals surface area contributed by atoms with Crippen LogP contribution in [0.2, 0.25) is 0 Å². The van der Waals surface area contributed by atoms with Crippen LogP contribution in [0.4, 0.5) is 13.2 Å². The van der Waals surface area contributed by atoms with Crippen LogP contribution in [-0.4, -0.2) is 5.97 Å². The Bertz CT molecular complexity index is 662. The molecule has 126 valence electrons. The minimum atomic E-state index is -1.35. The van der Waals surface area contributed by atoms with Crippen molar-refractivity contribution in [1.82, 2.24) is 0 Å². The Hall–Kier alpha value is -0.720. The maximum absolute atomic E-state index is 13.7. The Balaban J connectivity index is 2.11. The average molecular weight is 432 g/mol. The van der Waals surface area contributed by atoms with Gasteiger partial charge >= 0.3 is 5.97 Å². The molecule has 0 amide bonds. The molecule has 0 aliphatic heterocycles. The topological polar surface area (TPSA) is 26.3 Å². The van der Waals surface area contributed by atoms with Gasteiger partial charge in [0.15, 0.2) is 11.6 Å². The van der Waals surface area contributed by atoms with E-state index in [4.69, 9.17) is 27.9 Å². The second kappa shape index (κ2) is 6.65. The van der Waals surface area contributed by atoms with E-state index in [1.807, 2.05) is 13.8 Å². The smallest absolute Gasteiger partial charge is 0.310 e. The van der Waals surface area contributed by atoms with Gasteiger partial charge in [-0.2, -0.15) is 0 Å². The molecule has 2 nitrogen and oxygen atoms in total. The quantitative estimate of drug-likeness (QED) is 0.464. The standard InChI is InChI=1S/C15H12BrCl2F3O2/c1-15(2)7(3-10(17)18)11(15)14(22)23-5-6-12(16)8(19)4-9(20)13(6)21/h3-4,7,11H,5H2,1-2H3/t7-,11+/m0/s1. The molecule has 1 aromatic rings. The number of carbonyl (C=O) groups excluding carboxylic acids is 1. The van der Waals surface area contributed by atoms with Crippen LogP contribution in [0.5, 0.6) is 0 Å². The van der Waals surface area contributed by atoms with Crippen molar-refractivity contribution in [3.05, 3.63) is 44.1 Å². The molecule has 2 rings (SSSR count). The molecule has 0 saturated heterocycles. The Morgan fingerprint density at radius 2 is 1.96 bits per heavy atom. The van der Waals surface area contributed by atoms with Crippen LogP contribution in [0.1, 0.15) is 19.4 Å². The molecule has 0 aromatic heterocycles. The van der Waals surface area contributed by atoms with Crippen molar-refractivity contribution in [2.24, 2.45) is 17.3 Å². The first-order valence-electron chi connectivity index (χ1n) is 6.58. The number of benzene rings is 1. The number of rotatable bonds is 4. The molecule has 8 heteroatoms. The minimum Gasteiger partial charge on any atom is -0.460 e. The predicted molar refractivity (Wildman–Crippen MR) is 84.4 cm³/mol. The number of allylic oxidation sites excluding steroid dienone is 1. The normalized spacial score (nSPS) is 21.7. The van der Waals surface area contributed by atoms with Crippen LogP contribution in [0.3, 0.4) is 0 Å². The zero-order valence-corrected chi connectivity index (χ0v) is 15.2. The Kier molecular flexibility index (Phi) is 5.38. The van der Waals surface area contributed by atoms with Gasteiger partial charge in [0.1, 0.15) is 16.9 Å². The van der Waals surface area contributed by atoms with Crippen molar-refractivity contribution in [2.75, 3.05) is 0 Å². The van der Waals surface area contributed by atoms with E-state index in [1.165, 1.54) is 6.08 Å². The molecule has 2 atom stereocenters. The van der Waals surface area contributed by atoms with Crippen molar-refractivity contribution < 1.29 is 22.7 Å². The SMILES string of the molecule is CC1(C)[C@@H](C=C(Cl)Cl)[C@@H]1C(=O)OCc1c(F)c(F)cc(F)c1Br. The third kappa shape index (κ3) is 3.69. The molecule has 1 aliphatic rings. The summed E-state index contributed by atoms with van der Waals surface area (Å²) in [6.45, 7) is 3.07. The van der Waals surface area contributed by atoms with Crippen LogP contribution >= 0.6 is 39.1 Å². The highest BCUT2D eigenvalue weighted by molar-refractivity contribution is 9.10. The van der Waals surface area contributed by atoms with Crippen molar-refractivity contribution in [3.8, 4) is 0 Å². The highest BCUT2D eigenvalue weighted by Crippen LogP contribution is 2.60. The molecule has 0 bridgehead atoms. The second-order valence-corrected chi connectivity index (χ2v) is 7.64. The number of carbonyl (C=O) groups is 1. The molecule has 0 spiro atoms. The zero-order chi connectivity index (χ0) is 17.5. The van der Waals surface area contributed by atoms with Gasteiger partial charge in [0.2, 0.25) is 0 Å². The fourth-order valence-electron chi connectivity index (χ4n) is 2.56. The van der Waals surface area contributed by atoms with Crippen LogP contribution in [0.25, 0.3) is 0 Å². The highest BCUT2D eigenvalue weighted by atomic mass is 79.9. The van der Waals surface area contributed by atoms with E-state index in [-0.39, 0.29) is 14.9 Å². The van der Waals surface area contributed by atoms with Crippen LogP contribution < -0.4 is 0 Å². The van der Waals surface area contributed by atoms with E-state index < -0.39 is 46.9 Å². The third-order valence-electron chi connectivity index (χ3n) is 4.03. The first-order valence-corrected chi connectivity index (χ1v) is 8.13. The molecular formula is C15H12BrCl2F3O2. The molecule has 1 aliphatic carbocycles. The Morgan fingerprint density at radius 1 is 1.35 bits per heavy atom. The maximum Gasteiger partial charge on any atom is 0.310 e. The summed E-state index contributed by atoms with van der Waals surface area (Å²) in [5, 5.41) is 0. The van der Waals surface area contributed by atoms with Crippen LogP contribution in [0.15, 0.2) is 21.1 Å². The lowest BCUT2D eigenvalue weighted by molar-refractivity contribution is -0.147. The molecule has 0 radical (unpaired) electrons. The van der Waals surface area contributed by atoms with Crippen molar-refractivity contribution in [2.45, 2.75) is 20.5 Å². The number of hydrogen-bond acceptors (Lipinski definition) is 2. The molecule has 0 unspecified atom stereocenters. The summed E-state index contributed by atoms with van der Waals surface area (Å²) in [6.07, 6.45) is 1.54. The Labute approximate surface area is 149 Å². The fourth-order valence-corrected chi connectivity index (χ4v) is 3.23. The van der Waals surface area contributed by atoms with E-state index in [1.54, 1.807) is 0 Å². The van der Waals surface area contributed by atoms with Gasteiger partial charge in [-0.3, -0.25) is 4.79 Å². The van der Waals surface area contributed by atoms with Crippen LogP contribution in [-0.2, 0) is 16.1 Å². The summed E-state index contributed by atoms with van der Waals surface area (Å²) in [5.74, 6) is -4.91. The van der Waals surface area contributed by atoms with Crippen molar-refractivity contribution in [3.63, 3.8) is 0 Å². The van der Waals surface area contributed by atoms with Crippen molar-refractivity contribution in [1.29, 1.82) is 0 Å². The molecule has 1 aromatic carbocycles. The first kappa shape index (κ1) is 18.6. The van der Waals surface area contributed by atoms with Crippen LogP contribution in [0, 0.1) is 34.7 Å². The number of halogens is 6. The predicted octanol–water partition coefficient (Wildman–Crippen LogP) is 5.50. The molecule has 1 saturated carbocycles. The minimum absolute atomic E-state index is 0.0411. The second-order valence-electron chi connectivity index (χ2n) is 5.84. The zero-order valence-electron chi connectivity index (χ0n) is 12.1. The van der Waals surface area contributed by atoms with Gasteiger partial charge in [-0.05, 0) is 33.3 Å². The first-order chi connectivity index (χ1) is 10.6. The largest absolute Gasteiger partial charge is 0.460 e. The van der Waals surface area contributed by atoms with E-state index in [2.05, 4.69) is 15.9 Å². The Morgan fingerprint density at radius 3 is 2.52 bits per heavy atom. The van der Waals surface area contributed by atoms with Gasteiger partial charge < -0.3 is 4.74 Å². The average Bonchev–Trinajstić information content (AvgIpc) is 2.96. The number of ether oxygens (including phenoxy) is 1. The van der Waals surface area contributed by atoms with Gasteiger partial charge in [-0.25, -0.2) is 13.2 Å². The summed E-state index contributed by atoms with van der Waals surface area (Å²) in [6, 6.07) is 0.415. The highest BCUT2D eigenvalue weighted by Gasteiger charge is 2.61. The van der Waals surface area contributed by atoms with Gasteiger partial charge in [0.05, 0.1) is 10.4 Å². The summed E-state index contributed by atoms with van der Waals surface area (Å²) < 4.78 is 45.1. The lowest BCUT2D eigenvalue weighted by Crippen LogP contribution is -2.12. The lowest BCUT2D eigenvalue weighted by Gasteiger charge is -2.10. The van der Waals surface area contributed by atoms with Crippen molar-refractivity contribution >= 4 is 45.1 Å². The molecule has 0 heterocycles. The summed E-state index contributed by atoms with van der Waals surface area (Å²) in [4.78, 5) is 12.1. The number of hydrogen-bond donors (Lipinski definition) is 0. The third-order valence-corrected chi connectivity index (χ3v) is 5.14. The molecule has 1 fully saturated rings. The molecule has 23 heavy (non-hydrogen) atoms. The lowest BCUT2D eigenvalue weighted by atomic mass is 10.1. The van der Waals surface area contributed by atoms with E-state index in [0.29, 0.717) is 6.07 Å². The van der Waals surface area contributed by atoms with E-state index in [9.17, 15) is 18.0 Å². The molecule has 0 N–H and O–H groups in total. The van der Waals surface area contributed by atoms with Gasteiger partial charge in [0.25, 0.3) is 0 Å². The van der Waals surface area contributed by atoms with E-state index in [0.717, 1.165) is 0 Å². The van der Waals surface area contributed by atoms with Gasteiger partial charge in [0, 0.05) is 11.6 Å². The summed E-state index contributed by atoms with van der Waals surface area (Å²) in [7, 11) is 0. The number of esters is 1. The molecular weight excluding hydrogens is 420 g/mol. The summed E-state index contributed by atoms with van der Waals surface area (Å²) in [5.41, 5.74) is -0.800. The fraction of sp³-hybridized carbons (Fsp3) is 0.400. The monoisotopic (exact) mass is 430 g/mol. The maximum atomic E-state index is 13.7. The van der Waals surface area contributed by atoms with Gasteiger partial charge in [-0.15, -0.1) is 0 Å². The van der Waals surface area contributed by atoms with Gasteiger partial charge in [-0.1, -0.05) is 37.0 Å². The van der Waals surface area contributed by atoms with E-state index >= 15 is 0 Å².